The second kappa shape index (κ2) is 6.98. The third kappa shape index (κ3) is 4.44. The molecule has 1 atom stereocenters. The molecule has 1 aromatic rings. The first-order valence-corrected chi connectivity index (χ1v) is 6.30. The van der Waals surface area contributed by atoms with E-state index >= 15 is 0 Å². The van der Waals surface area contributed by atoms with E-state index in [0.717, 1.165) is 0 Å². The summed E-state index contributed by atoms with van der Waals surface area (Å²) in [4.78, 5) is 22.6. The average molecular weight is 331 g/mol. The van der Waals surface area contributed by atoms with E-state index in [1.165, 1.54) is 7.05 Å². The van der Waals surface area contributed by atoms with Crippen LogP contribution < -0.4 is 20.1 Å². The van der Waals surface area contributed by atoms with Gasteiger partial charge in [-0.05, 0) is 41.1 Å². The van der Waals surface area contributed by atoms with E-state index in [9.17, 15) is 9.59 Å². The minimum absolute atomic E-state index is 0.486. The van der Waals surface area contributed by atoms with Gasteiger partial charge in [-0.3, -0.25) is 10.1 Å². The van der Waals surface area contributed by atoms with Gasteiger partial charge in [-0.25, -0.2) is 4.79 Å². The highest BCUT2D eigenvalue weighted by atomic mass is 79.9. The molecule has 7 heteroatoms. The predicted octanol–water partition coefficient (Wildman–Crippen LogP) is 1.68. The summed E-state index contributed by atoms with van der Waals surface area (Å²) >= 11 is 3.31. The van der Waals surface area contributed by atoms with Gasteiger partial charge in [-0.1, -0.05) is 0 Å². The maximum atomic E-state index is 11.6. The summed E-state index contributed by atoms with van der Waals surface area (Å²) in [6, 6.07) is 4.53. The molecule has 0 radical (unpaired) electrons. The van der Waals surface area contributed by atoms with Crippen LogP contribution in [-0.4, -0.2) is 32.2 Å². The van der Waals surface area contributed by atoms with Gasteiger partial charge >= 0.3 is 6.03 Å². The molecule has 0 aliphatic carbocycles. The Morgan fingerprint density at radius 3 is 2.58 bits per heavy atom. The molecule has 0 aromatic heterocycles. The number of hydrogen-bond acceptors (Lipinski definition) is 4. The van der Waals surface area contributed by atoms with Crippen LogP contribution in [0.15, 0.2) is 22.7 Å². The van der Waals surface area contributed by atoms with Crippen LogP contribution in [-0.2, 0) is 4.79 Å². The van der Waals surface area contributed by atoms with Crippen molar-refractivity contribution in [3.8, 4) is 11.5 Å². The van der Waals surface area contributed by atoms with Crippen LogP contribution in [0.1, 0.15) is 6.92 Å². The van der Waals surface area contributed by atoms with Gasteiger partial charge in [-0.2, -0.15) is 0 Å². The Kier molecular flexibility index (Phi) is 5.62. The number of carbonyl (C=O) groups excluding carboxylic acids is 2. The quantitative estimate of drug-likeness (QED) is 0.880. The summed E-state index contributed by atoms with van der Waals surface area (Å²) in [6.07, 6.45) is -0.804. The maximum absolute atomic E-state index is 11.6. The van der Waals surface area contributed by atoms with Gasteiger partial charge in [0.05, 0.1) is 11.6 Å². The lowest BCUT2D eigenvalue weighted by molar-refractivity contribution is -0.126. The lowest BCUT2D eigenvalue weighted by Crippen LogP contribution is -2.43. The fourth-order valence-electron chi connectivity index (χ4n) is 1.22. The molecule has 0 aliphatic rings. The zero-order chi connectivity index (χ0) is 14.4. The number of hydrogen-bond donors (Lipinski definition) is 2. The molecule has 0 bridgehead atoms. The second-order valence-electron chi connectivity index (χ2n) is 3.62. The molecule has 6 nitrogen and oxygen atoms in total. The van der Waals surface area contributed by atoms with Crippen LogP contribution in [0.2, 0.25) is 0 Å². The molecule has 0 heterocycles. The molecule has 3 amide bonds. The summed E-state index contributed by atoms with van der Waals surface area (Å²) in [7, 11) is 2.98. The lowest BCUT2D eigenvalue weighted by Gasteiger charge is -2.15. The van der Waals surface area contributed by atoms with Crippen LogP contribution in [0.3, 0.4) is 0 Å². The van der Waals surface area contributed by atoms with Crippen LogP contribution in [0, 0.1) is 0 Å². The van der Waals surface area contributed by atoms with Crippen molar-refractivity contribution < 1.29 is 19.1 Å². The van der Waals surface area contributed by atoms with Gasteiger partial charge in [0.1, 0.15) is 11.5 Å². The van der Waals surface area contributed by atoms with Crippen molar-refractivity contribution >= 4 is 27.9 Å². The Bertz CT molecular complexity index is 479. The molecule has 1 aromatic carbocycles. The minimum atomic E-state index is -0.804. The number of urea groups is 1. The second-order valence-corrected chi connectivity index (χ2v) is 4.48. The molecule has 19 heavy (non-hydrogen) atoms. The Balaban J connectivity index is 2.68. The Labute approximate surface area is 119 Å². The number of nitrogens with one attached hydrogen (secondary N) is 2. The Morgan fingerprint density at radius 1 is 1.37 bits per heavy atom. The first-order valence-electron chi connectivity index (χ1n) is 5.50. The number of ether oxygens (including phenoxy) is 2. The summed E-state index contributed by atoms with van der Waals surface area (Å²) in [5.41, 5.74) is 0. The van der Waals surface area contributed by atoms with E-state index in [0.29, 0.717) is 16.0 Å². The molecule has 1 rings (SSSR count). The van der Waals surface area contributed by atoms with Gasteiger partial charge in [0, 0.05) is 7.05 Å². The number of carbonyl (C=O) groups is 2. The van der Waals surface area contributed by atoms with Crippen LogP contribution in [0.25, 0.3) is 0 Å². The molecule has 0 fully saturated rings. The van der Waals surface area contributed by atoms with Crippen molar-refractivity contribution in [2.75, 3.05) is 14.2 Å². The fraction of sp³-hybridized carbons (Fsp3) is 0.333. The Hall–Kier alpha value is -1.76. The highest BCUT2D eigenvalue weighted by molar-refractivity contribution is 9.10. The molecular formula is C12H15BrN2O4. The minimum Gasteiger partial charge on any atom is -0.497 e. The number of halogens is 1. The zero-order valence-corrected chi connectivity index (χ0v) is 12.4. The first kappa shape index (κ1) is 15.3. The van der Waals surface area contributed by atoms with E-state index < -0.39 is 18.0 Å². The van der Waals surface area contributed by atoms with Crippen LogP contribution in [0.5, 0.6) is 11.5 Å². The number of amides is 3. The van der Waals surface area contributed by atoms with Gasteiger partial charge in [0.2, 0.25) is 0 Å². The largest absolute Gasteiger partial charge is 0.497 e. The molecule has 0 saturated carbocycles. The van der Waals surface area contributed by atoms with Gasteiger partial charge < -0.3 is 14.8 Å². The summed E-state index contributed by atoms with van der Waals surface area (Å²) in [5.74, 6) is 0.629. The van der Waals surface area contributed by atoms with Crippen molar-refractivity contribution in [2.45, 2.75) is 13.0 Å². The van der Waals surface area contributed by atoms with Crippen molar-refractivity contribution in [2.24, 2.45) is 0 Å². The molecule has 2 N–H and O–H groups in total. The first-order chi connectivity index (χ1) is 8.97. The smallest absolute Gasteiger partial charge is 0.321 e. The number of methoxy groups -OCH3 is 1. The van der Waals surface area contributed by atoms with Gasteiger partial charge in [0.25, 0.3) is 5.91 Å². The molecular weight excluding hydrogens is 316 g/mol. The fourth-order valence-corrected chi connectivity index (χ4v) is 1.68. The monoisotopic (exact) mass is 330 g/mol. The summed E-state index contributed by atoms with van der Waals surface area (Å²) in [6.45, 7) is 1.55. The molecule has 0 spiro atoms. The topological polar surface area (TPSA) is 76.7 Å². The number of imide groups is 1. The summed E-state index contributed by atoms with van der Waals surface area (Å²) < 4.78 is 11.2. The number of benzene rings is 1. The SMILES string of the molecule is CNC(=O)NC(=O)C(C)Oc1ccc(OC)cc1Br. The predicted molar refractivity (Wildman–Crippen MR) is 73.4 cm³/mol. The van der Waals surface area contributed by atoms with Crippen molar-refractivity contribution in [1.29, 1.82) is 0 Å². The van der Waals surface area contributed by atoms with E-state index in [4.69, 9.17) is 9.47 Å². The van der Waals surface area contributed by atoms with Gasteiger partial charge in [0.15, 0.2) is 6.10 Å². The highest BCUT2D eigenvalue weighted by Crippen LogP contribution is 2.29. The Morgan fingerprint density at radius 2 is 2.05 bits per heavy atom. The number of rotatable bonds is 4. The van der Waals surface area contributed by atoms with Crippen LogP contribution >= 0.6 is 15.9 Å². The van der Waals surface area contributed by atoms with Crippen LogP contribution in [0.4, 0.5) is 4.79 Å². The van der Waals surface area contributed by atoms with Gasteiger partial charge in [-0.15, -0.1) is 0 Å². The van der Waals surface area contributed by atoms with E-state index in [1.54, 1.807) is 32.2 Å². The van der Waals surface area contributed by atoms with Crippen molar-refractivity contribution in [3.05, 3.63) is 22.7 Å². The van der Waals surface area contributed by atoms with E-state index in [1.807, 2.05) is 0 Å². The average Bonchev–Trinajstić information content (AvgIpc) is 2.40. The third-order valence-electron chi connectivity index (χ3n) is 2.28. The van der Waals surface area contributed by atoms with Crippen molar-refractivity contribution in [1.82, 2.24) is 10.6 Å². The molecule has 1 unspecified atom stereocenters. The summed E-state index contributed by atoms with van der Waals surface area (Å²) in [5, 5.41) is 4.43. The zero-order valence-electron chi connectivity index (χ0n) is 10.8. The van der Waals surface area contributed by atoms with Crippen molar-refractivity contribution in [3.63, 3.8) is 0 Å². The third-order valence-corrected chi connectivity index (χ3v) is 2.90. The van der Waals surface area contributed by atoms with E-state index in [-0.39, 0.29) is 0 Å². The normalized spacial score (nSPS) is 11.4. The lowest BCUT2D eigenvalue weighted by atomic mass is 10.3. The van der Waals surface area contributed by atoms with E-state index in [2.05, 4.69) is 26.6 Å². The molecule has 0 saturated heterocycles. The molecule has 0 aliphatic heterocycles. The maximum Gasteiger partial charge on any atom is 0.321 e. The standard InChI is InChI=1S/C12H15BrN2O4/c1-7(11(16)15-12(17)14-2)19-10-5-4-8(18-3)6-9(10)13/h4-7H,1-3H3,(H2,14,15,16,17). The highest BCUT2D eigenvalue weighted by Gasteiger charge is 2.18. The molecule has 104 valence electrons.